The van der Waals surface area contributed by atoms with E-state index in [4.69, 9.17) is 4.74 Å². The molecule has 1 heterocycles. The Kier molecular flexibility index (Phi) is 8.08. The molecule has 0 bridgehead atoms. The van der Waals surface area contributed by atoms with Crippen molar-refractivity contribution in [2.45, 2.75) is 51.1 Å². The lowest BCUT2D eigenvalue weighted by molar-refractivity contribution is -0.123. The molecule has 2 aromatic carbocycles. The number of nitrogens with zero attached hydrogens (tertiary/aromatic N) is 2. The van der Waals surface area contributed by atoms with E-state index in [0.717, 1.165) is 32.1 Å². The maximum absolute atomic E-state index is 13.9. The number of carbonyl (C=O) groups excluding carboxylic acids is 2. The van der Waals surface area contributed by atoms with Gasteiger partial charge in [0.15, 0.2) is 0 Å². The Morgan fingerprint density at radius 1 is 1.06 bits per heavy atom. The molecule has 1 fully saturated rings. The normalized spacial score (nSPS) is 14.7. The minimum Gasteiger partial charge on any atom is -0.494 e. The third-order valence-corrected chi connectivity index (χ3v) is 6.15. The fraction of sp³-hybridized carbons (Fsp3) is 0.321. The fourth-order valence-electron chi connectivity index (χ4n) is 4.48. The summed E-state index contributed by atoms with van der Waals surface area (Å²) in [6, 6.07) is 16.8. The number of amides is 2. The lowest BCUT2D eigenvalue weighted by Gasteiger charge is -2.33. The van der Waals surface area contributed by atoms with Crippen LogP contribution in [0.2, 0.25) is 0 Å². The first-order valence-corrected chi connectivity index (χ1v) is 12.1. The van der Waals surface area contributed by atoms with E-state index >= 15 is 0 Å². The number of hydrogen-bond acceptors (Lipinski definition) is 4. The SMILES string of the molecule is CCOc1cccc(N(C(=O)c2ccccn2)C(C(=O)NC2CCCCC2)c2ccc(F)cc2)c1. The molecule has 7 heteroatoms. The molecule has 4 rings (SSSR count). The molecule has 1 N–H and O–H groups in total. The summed E-state index contributed by atoms with van der Waals surface area (Å²) in [5.74, 6) is -0.586. The molecule has 0 spiro atoms. The fourth-order valence-corrected chi connectivity index (χ4v) is 4.48. The summed E-state index contributed by atoms with van der Waals surface area (Å²) in [7, 11) is 0. The number of aromatic nitrogens is 1. The average Bonchev–Trinajstić information content (AvgIpc) is 2.89. The van der Waals surface area contributed by atoms with Gasteiger partial charge in [0.2, 0.25) is 5.91 Å². The van der Waals surface area contributed by atoms with Crippen molar-refractivity contribution in [1.82, 2.24) is 10.3 Å². The van der Waals surface area contributed by atoms with Gasteiger partial charge in [-0.25, -0.2) is 4.39 Å². The van der Waals surface area contributed by atoms with Gasteiger partial charge in [-0.3, -0.25) is 19.5 Å². The molecule has 182 valence electrons. The van der Waals surface area contributed by atoms with Crippen LogP contribution in [0.4, 0.5) is 10.1 Å². The Hall–Kier alpha value is -3.74. The van der Waals surface area contributed by atoms with Crippen molar-refractivity contribution in [2.24, 2.45) is 0 Å². The number of anilines is 1. The summed E-state index contributed by atoms with van der Waals surface area (Å²) < 4.78 is 19.5. The van der Waals surface area contributed by atoms with E-state index in [1.54, 1.807) is 54.6 Å². The Labute approximate surface area is 205 Å². The van der Waals surface area contributed by atoms with Gasteiger partial charge in [-0.05, 0) is 61.7 Å². The van der Waals surface area contributed by atoms with Crippen LogP contribution < -0.4 is 15.0 Å². The summed E-state index contributed by atoms with van der Waals surface area (Å²) >= 11 is 0. The Bertz CT molecular complexity index is 1130. The largest absolute Gasteiger partial charge is 0.494 e. The number of hydrogen-bond donors (Lipinski definition) is 1. The molecule has 1 aliphatic rings. The standard InChI is InChI=1S/C28H30FN3O3/c1-2-35-24-12-8-11-23(19-24)32(28(34)25-13-6-7-18-30-25)26(20-14-16-21(29)17-15-20)27(33)31-22-9-4-3-5-10-22/h6-8,11-19,22,26H,2-5,9-10H2,1H3,(H,31,33). The van der Waals surface area contributed by atoms with Crippen molar-refractivity contribution >= 4 is 17.5 Å². The van der Waals surface area contributed by atoms with Gasteiger partial charge in [-0.15, -0.1) is 0 Å². The summed E-state index contributed by atoms with van der Waals surface area (Å²) in [6.07, 6.45) is 6.60. The molecule has 6 nitrogen and oxygen atoms in total. The van der Waals surface area contributed by atoms with E-state index in [-0.39, 0.29) is 17.6 Å². The summed E-state index contributed by atoms with van der Waals surface area (Å²) in [5.41, 5.74) is 1.19. The second-order valence-electron chi connectivity index (χ2n) is 8.62. The monoisotopic (exact) mass is 475 g/mol. The molecule has 1 saturated carbocycles. The van der Waals surface area contributed by atoms with E-state index in [1.807, 2.05) is 6.92 Å². The number of pyridine rings is 1. The number of nitrogens with one attached hydrogen (secondary N) is 1. The molecule has 2 amide bonds. The minimum absolute atomic E-state index is 0.0424. The van der Waals surface area contributed by atoms with Crippen molar-refractivity contribution in [3.05, 3.63) is 90.0 Å². The highest BCUT2D eigenvalue weighted by molar-refractivity contribution is 6.09. The molecule has 0 saturated heterocycles. The molecule has 1 unspecified atom stereocenters. The zero-order valence-corrected chi connectivity index (χ0v) is 19.8. The molecule has 3 aromatic rings. The molecule has 1 atom stereocenters. The predicted octanol–water partition coefficient (Wildman–Crippen LogP) is 5.46. The van der Waals surface area contributed by atoms with Gasteiger partial charge in [0.25, 0.3) is 5.91 Å². The van der Waals surface area contributed by atoms with Gasteiger partial charge < -0.3 is 10.1 Å². The van der Waals surface area contributed by atoms with Crippen LogP contribution in [0.15, 0.2) is 72.9 Å². The van der Waals surface area contributed by atoms with Crippen LogP contribution in [0.1, 0.15) is 61.1 Å². The Morgan fingerprint density at radius 3 is 2.51 bits per heavy atom. The van der Waals surface area contributed by atoms with Gasteiger partial charge in [0.05, 0.1) is 6.61 Å². The van der Waals surface area contributed by atoms with Crippen LogP contribution in [-0.4, -0.2) is 29.4 Å². The maximum Gasteiger partial charge on any atom is 0.277 e. The number of rotatable bonds is 8. The van der Waals surface area contributed by atoms with Crippen molar-refractivity contribution < 1.29 is 18.7 Å². The first-order valence-electron chi connectivity index (χ1n) is 12.1. The van der Waals surface area contributed by atoms with E-state index in [1.165, 1.54) is 23.2 Å². The Balaban J connectivity index is 1.81. The van der Waals surface area contributed by atoms with Crippen LogP contribution in [0.3, 0.4) is 0 Å². The van der Waals surface area contributed by atoms with Crippen LogP contribution in [0, 0.1) is 5.82 Å². The lowest BCUT2D eigenvalue weighted by Crippen LogP contribution is -2.47. The zero-order chi connectivity index (χ0) is 24.6. The summed E-state index contributed by atoms with van der Waals surface area (Å²) in [5, 5.41) is 3.15. The smallest absolute Gasteiger partial charge is 0.277 e. The maximum atomic E-state index is 13.9. The Morgan fingerprint density at radius 2 is 1.83 bits per heavy atom. The van der Waals surface area contributed by atoms with Gasteiger partial charge >= 0.3 is 0 Å². The average molecular weight is 476 g/mol. The highest BCUT2D eigenvalue weighted by atomic mass is 19.1. The summed E-state index contributed by atoms with van der Waals surface area (Å²) in [6.45, 7) is 2.34. The first-order chi connectivity index (χ1) is 17.1. The molecule has 1 aromatic heterocycles. The quantitative estimate of drug-likeness (QED) is 0.470. The van der Waals surface area contributed by atoms with Gasteiger partial charge in [0.1, 0.15) is 23.3 Å². The number of ether oxygens (including phenoxy) is 1. The first kappa shape index (κ1) is 24.4. The predicted molar refractivity (Wildman–Crippen MR) is 133 cm³/mol. The van der Waals surface area contributed by atoms with Crippen molar-refractivity contribution in [3.63, 3.8) is 0 Å². The molecule has 35 heavy (non-hydrogen) atoms. The van der Waals surface area contributed by atoms with Gasteiger partial charge in [-0.2, -0.15) is 0 Å². The van der Waals surface area contributed by atoms with Crippen LogP contribution >= 0.6 is 0 Å². The molecule has 0 radical (unpaired) electrons. The number of carbonyl (C=O) groups is 2. The van der Waals surface area contributed by atoms with Gasteiger partial charge in [0, 0.05) is 24.0 Å². The van der Waals surface area contributed by atoms with Crippen molar-refractivity contribution in [2.75, 3.05) is 11.5 Å². The topological polar surface area (TPSA) is 71.5 Å². The van der Waals surface area contributed by atoms with Crippen molar-refractivity contribution in [3.8, 4) is 5.75 Å². The number of benzene rings is 2. The van der Waals surface area contributed by atoms with Gasteiger partial charge in [-0.1, -0.05) is 43.5 Å². The third kappa shape index (κ3) is 6.04. The highest BCUT2D eigenvalue weighted by Crippen LogP contribution is 2.32. The van der Waals surface area contributed by atoms with Crippen LogP contribution in [-0.2, 0) is 4.79 Å². The van der Waals surface area contributed by atoms with Crippen molar-refractivity contribution in [1.29, 1.82) is 0 Å². The lowest BCUT2D eigenvalue weighted by atomic mass is 9.94. The van der Waals surface area contributed by atoms with E-state index in [2.05, 4.69) is 10.3 Å². The van der Waals surface area contributed by atoms with E-state index < -0.39 is 17.8 Å². The molecule has 1 aliphatic carbocycles. The second kappa shape index (κ2) is 11.6. The van der Waals surface area contributed by atoms with Crippen LogP contribution in [0.5, 0.6) is 5.75 Å². The second-order valence-corrected chi connectivity index (χ2v) is 8.62. The zero-order valence-electron chi connectivity index (χ0n) is 19.8. The molecular weight excluding hydrogens is 445 g/mol. The third-order valence-electron chi connectivity index (χ3n) is 6.15. The summed E-state index contributed by atoms with van der Waals surface area (Å²) in [4.78, 5) is 33.3. The van der Waals surface area contributed by atoms with E-state index in [9.17, 15) is 14.0 Å². The molecular formula is C28H30FN3O3. The van der Waals surface area contributed by atoms with Crippen LogP contribution in [0.25, 0.3) is 0 Å². The molecule has 0 aliphatic heterocycles. The van der Waals surface area contributed by atoms with E-state index in [0.29, 0.717) is 23.6 Å². The highest BCUT2D eigenvalue weighted by Gasteiger charge is 2.35. The minimum atomic E-state index is -1.02. The number of halogens is 1.